The fourth-order valence-corrected chi connectivity index (χ4v) is 2.61. The lowest BCUT2D eigenvalue weighted by molar-refractivity contribution is 0.311. The summed E-state index contributed by atoms with van der Waals surface area (Å²) in [6.07, 6.45) is 0.904. The Labute approximate surface area is 125 Å². The van der Waals surface area contributed by atoms with Crippen molar-refractivity contribution in [2.24, 2.45) is 4.40 Å². The maximum absolute atomic E-state index is 12.1. The van der Waals surface area contributed by atoms with E-state index in [1.165, 1.54) is 6.07 Å². The Morgan fingerprint density at radius 2 is 2.19 bits per heavy atom. The van der Waals surface area contributed by atoms with Crippen molar-refractivity contribution in [1.82, 2.24) is 5.32 Å². The van der Waals surface area contributed by atoms with Crippen LogP contribution in [-0.2, 0) is 14.8 Å². The zero-order valence-electron chi connectivity index (χ0n) is 12.3. The Kier molecular flexibility index (Phi) is 6.34. The number of benzene rings is 1. The quantitative estimate of drug-likeness (QED) is 0.469. The van der Waals surface area contributed by atoms with Crippen molar-refractivity contribution in [3.8, 4) is 6.07 Å². The highest BCUT2D eigenvalue weighted by molar-refractivity contribution is 7.90. The van der Waals surface area contributed by atoms with Crippen LogP contribution in [0, 0.1) is 18.3 Å². The van der Waals surface area contributed by atoms with E-state index in [9.17, 15) is 8.42 Å². The van der Waals surface area contributed by atoms with E-state index < -0.39 is 10.0 Å². The summed E-state index contributed by atoms with van der Waals surface area (Å²) in [5, 5.41) is 12.2. The Morgan fingerprint density at radius 1 is 1.48 bits per heavy atom. The minimum atomic E-state index is -3.93. The van der Waals surface area contributed by atoms with E-state index in [1.54, 1.807) is 19.1 Å². The van der Waals surface area contributed by atoms with E-state index in [-0.39, 0.29) is 10.5 Å². The van der Waals surface area contributed by atoms with Gasteiger partial charge in [0.1, 0.15) is 17.6 Å². The van der Waals surface area contributed by atoms with Crippen LogP contribution in [0.4, 0.5) is 0 Å². The summed E-state index contributed by atoms with van der Waals surface area (Å²) in [6, 6.07) is 6.83. The van der Waals surface area contributed by atoms with Gasteiger partial charge >= 0.3 is 0 Å². The van der Waals surface area contributed by atoms with Crippen LogP contribution >= 0.6 is 0 Å². The average Bonchev–Trinajstić information content (AvgIpc) is 2.42. The highest BCUT2D eigenvalue weighted by atomic mass is 32.2. The molecule has 0 fully saturated rings. The number of hydrogen-bond donors (Lipinski definition) is 1. The summed E-state index contributed by atoms with van der Waals surface area (Å²) in [4.78, 5) is -0.106. The van der Waals surface area contributed by atoms with Crippen molar-refractivity contribution in [2.45, 2.75) is 31.7 Å². The number of hydrogen-bond acceptors (Lipinski definition) is 5. The number of nitriles is 1. The molecular formula is C14H19N3O3S. The molecule has 0 spiro atoms. The van der Waals surface area contributed by atoms with Crippen LogP contribution in [0.5, 0.6) is 0 Å². The lowest BCUT2D eigenvalue weighted by atomic mass is 10.1. The molecule has 114 valence electrons. The van der Waals surface area contributed by atoms with E-state index >= 15 is 0 Å². The number of nitrogens with one attached hydrogen (secondary N) is 1. The summed E-state index contributed by atoms with van der Waals surface area (Å²) in [7, 11) is -3.93. The molecule has 0 unspecified atom stereocenters. The van der Waals surface area contributed by atoms with Crippen molar-refractivity contribution < 1.29 is 13.2 Å². The molecule has 1 aromatic carbocycles. The predicted molar refractivity (Wildman–Crippen MR) is 80.7 cm³/mol. The normalized spacial score (nSPS) is 11.8. The molecule has 0 amide bonds. The molecule has 7 heteroatoms. The fourth-order valence-electron chi connectivity index (χ4n) is 1.60. The second-order valence-corrected chi connectivity index (χ2v) is 6.33. The Bertz CT molecular complexity index is 646. The van der Waals surface area contributed by atoms with Gasteiger partial charge in [0.25, 0.3) is 10.0 Å². The predicted octanol–water partition coefficient (Wildman–Crippen LogP) is 1.60. The number of rotatable bonds is 7. The van der Waals surface area contributed by atoms with Crippen LogP contribution in [0.2, 0.25) is 0 Å². The summed E-state index contributed by atoms with van der Waals surface area (Å²) in [6.45, 7) is 6.59. The molecular weight excluding hydrogens is 290 g/mol. The van der Waals surface area contributed by atoms with Crippen LogP contribution in [0.15, 0.2) is 27.5 Å². The van der Waals surface area contributed by atoms with Crippen LogP contribution in [0.1, 0.15) is 25.0 Å². The van der Waals surface area contributed by atoms with E-state index in [4.69, 9.17) is 10.00 Å². The second kappa shape index (κ2) is 7.76. The Hall–Kier alpha value is -1.91. The first-order valence-electron chi connectivity index (χ1n) is 6.52. The first-order valence-corrected chi connectivity index (χ1v) is 7.96. The molecule has 0 aliphatic heterocycles. The first kappa shape index (κ1) is 17.1. The third-order valence-electron chi connectivity index (χ3n) is 2.65. The van der Waals surface area contributed by atoms with Crippen molar-refractivity contribution in [2.75, 3.05) is 13.2 Å². The minimum Gasteiger partial charge on any atom is -0.481 e. The van der Waals surface area contributed by atoms with Gasteiger partial charge in [-0.3, -0.25) is 0 Å². The van der Waals surface area contributed by atoms with Crippen molar-refractivity contribution in [3.63, 3.8) is 0 Å². The van der Waals surface area contributed by atoms with E-state index in [0.29, 0.717) is 24.8 Å². The van der Waals surface area contributed by atoms with Crippen molar-refractivity contribution in [1.29, 1.82) is 5.26 Å². The minimum absolute atomic E-state index is 0.106. The highest BCUT2D eigenvalue weighted by Gasteiger charge is 2.18. The van der Waals surface area contributed by atoms with Gasteiger partial charge in [-0.1, -0.05) is 26.0 Å². The van der Waals surface area contributed by atoms with E-state index in [1.807, 2.05) is 19.9 Å². The third-order valence-corrected chi connectivity index (χ3v) is 3.91. The largest absolute Gasteiger partial charge is 0.481 e. The molecule has 0 heterocycles. The first-order chi connectivity index (χ1) is 9.88. The van der Waals surface area contributed by atoms with Gasteiger partial charge in [-0.15, -0.1) is 4.40 Å². The molecule has 1 N–H and O–H groups in total. The summed E-state index contributed by atoms with van der Waals surface area (Å²) >= 11 is 0. The van der Waals surface area contributed by atoms with Crippen LogP contribution in [0.25, 0.3) is 0 Å². The van der Waals surface area contributed by atoms with Crippen LogP contribution in [-0.4, -0.2) is 34.0 Å². The maximum Gasteiger partial charge on any atom is 0.286 e. The molecule has 1 aromatic rings. The van der Waals surface area contributed by atoms with E-state index in [2.05, 4.69) is 9.71 Å². The lowest BCUT2D eigenvalue weighted by Gasteiger charge is -2.07. The fraction of sp³-hybridized carbons (Fsp3) is 0.429. The number of nitrogens with zero attached hydrogens (tertiary/aromatic N) is 2. The maximum atomic E-state index is 12.1. The molecule has 0 atom stereocenters. The zero-order valence-corrected chi connectivity index (χ0v) is 13.1. The molecule has 0 radical (unpaired) electrons. The third kappa shape index (κ3) is 5.17. The monoisotopic (exact) mass is 309 g/mol. The number of sulfonamides is 1. The van der Waals surface area contributed by atoms with Crippen LogP contribution in [0.3, 0.4) is 0 Å². The molecule has 0 saturated carbocycles. The molecule has 0 saturated heterocycles. The molecule has 6 nitrogen and oxygen atoms in total. The summed E-state index contributed by atoms with van der Waals surface area (Å²) in [5.74, 6) is 0. The Morgan fingerprint density at radius 3 is 2.81 bits per heavy atom. The topological polar surface area (TPSA) is 91.6 Å². The van der Waals surface area contributed by atoms with Gasteiger partial charge < -0.3 is 10.1 Å². The number of ether oxygens (including phenoxy) is 1. The second-order valence-electron chi connectivity index (χ2n) is 4.73. The molecule has 0 aliphatic carbocycles. The lowest BCUT2D eigenvalue weighted by Crippen LogP contribution is -2.26. The summed E-state index contributed by atoms with van der Waals surface area (Å²) in [5.41, 5.74) is 0.701. The van der Waals surface area contributed by atoms with Gasteiger partial charge in [0, 0.05) is 12.6 Å². The van der Waals surface area contributed by atoms with Gasteiger partial charge in [0.2, 0.25) is 0 Å². The standard InChI is InChI=1S/C14H19N3O3S/c1-11(2)16-7-8-20-10-17-21(18,19)14-6-4-5-12(3)13(14)9-15/h4-6,10-11,16H,7-8H2,1-3H3. The average molecular weight is 309 g/mol. The van der Waals surface area contributed by atoms with Crippen molar-refractivity contribution >= 4 is 16.4 Å². The molecule has 0 aromatic heterocycles. The van der Waals surface area contributed by atoms with Gasteiger partial charge in [-0.05, 0) is 18.6 Å². The van der Waals surface area contributed by atoms with E-state index in [0.717, 1.165) is 6.40 Å². The van der Waals surface area contributed by atoms with Crippen LogP contribution < -0.4 is 5.32 Å². The molecule has 0 bridgehead atoms. The summed E-state index contributed by atoms with van der Waals surface area (Å²) < 4.78 is 32.6. The Balaban J connectivity index is 2.75. The van der Waals surface area contributed by atoms with Gasteiger partial charge in [-0.25, -0.2) is 0 Å². The highest BCUT2D eigenvalue weighted by Crippen LogP contribution is 2.20. The molecule has 0 aliphatic rings. The number of aryl methyl sites for hydroxylation is 1. The van der Waals surface area contributed by atoms with Gasteiger partial charge in [0.05, 0.1) is 5.56 Å². The smallest absolute Gasteiger partial charge is 0.286 e. The molecule has 1 rings (SSSR count). The van der Waals surface area contributed by atoms with Crippen molar-refractivity contribution in [3.05, 3.63) is 29.3 Å². The SMILES string of the molecule is Cc1cccc(S(=O)(=O)N=COCCNC(C)C)c1C#N. The zero-order chi connectivity index (χ0) is 15.9. The van der Waals surface area contributed by atoms with Gasteiger partial charge in [-0.2, -0.15) is 13.7 Å². The van der Waals surface area contributed by atoms with Gasteiger partial charge in [0.15, 0.2) is 6.40 Å². The molecule has 21 heavy (non-hydrogen) atoms.